The van der Waals surface area contributed by atoms with Gasteiger partial charge in [-0.2, -0.15) is 0 Å². The Hall–Kier alpha value is -6.04. The van der Waals surface area contributed by atoms with E-state index in [2.05, 4.69) is 0 Å². The van der Waals surface area contributed by atoms with Gasteiger partial charge in [0.25, 0.3) is 0 Å². The van der Waals surface area contributed by atoms with Crippen molar-refractivity contribution in [3.63, 3.8) is 0 Å². The second-order valence-electron chi connectivity index (χ2n) is 32.2. The molecule has 0 aliphatic carbocycles. The maximum atomic E-state index is 14.5. The van der Waals surface area contributed by atoms with Gasteiger partial charge in [-0.05, 0) is 110 Å². The third kappa shape index (κ3) is 20.0. The Kier molecular flexibility index (Phi) is 22.3. The standard InChI is InChI=1S/C73H108O12/c1-65(2,3)49-33-45(34-50(61(49)78)66(4,5)6)25-29-82-57(74)41-73(42-58(75)83-30-26-46-35-51(67(7,8)9)62(79)52(36-46)68(10,11)12,43-59(76)84-31-27-47-37-53(69(13,14)15)63(80)54(38-47)70(16,17)18)44-60(77)85-32-28-48-39-55(71(19,20)21)64(81)56(40-48)72(22,23)24/h33-40,78-81H,25-32,41-44H2,1-24H3. The van der Waals surface area contributed by atoms with Crippen molar-refractivity contribution in [2.45, 2.75) is 261 Å². The highest BCUT2D eigenvalue weighted by Gasteiger charge is 2.42. The van der Waals surface area contributed by atoms with Crippen LogP contribution in [0.2, 0.25) is 0 Å². The van der Waals surface area contributed by atoms with Gasteiger partial charge in [0.15, 0.2) is 0 Å². The minimum atomic E-state index is -1.74. The summed E-state index contributed by atoms with van der Waals surface area (Å²) in [7, 11) is 0. The molecule has 0 fully saturated rings. The van der Waals surface area contributed by atoms with Gasteiger partial charge in [-0.15, -0.1) is 0 Å². The number of rotatable bonds is 20. The van der Waals surface area contributed by atoms with Gasteiger partial charge in [0.2, 0.25) is 0 Å². The SMILES string of the molecule is CC(C)(C)c1cc(CCOC(=O)CC(CC(=O)OCCc2cc(C(C)(C)C)c(O)c(C(C)(C)C)c2)(CC(=O)OCCc2cc(C(C)(C)C)c(O)c(C(C)(C)C)c2)CC(=O)OCCc2cc(C(C)(C)C)c(O)c(C(C)(C)C)c2)cc(C(C)(C)C)c1O. The van der Waals surface area contributed by atoms with Gasteiger partial charge in [0, 0.05) is 31.1 Å². The molecule has 4 N–H and O–H groups in total. The molecular weight excluding hydrogens is 1070 g/mol. The van der Waals surface area contributed by atoms with Crippen LogP contribution in [0.3, 0.4) is 0 Å². The molecule has 4 rings (SSSR count). The monoisotopic (exact) mass is 1180 g/mol. The summed E-state index contributed by atoms with van der Waals surface area (Å²) in [6.45, 7) is 48.3. The Morgan fingerprint density at radius 3 is 0.518 bits per heavy atom. The summed E-state index contributed by atoms with van der Waals surface area (Å²) in [5, 5.41) is 45.7. The topological polar surface area (TPSA) is 186 Å². The molecule has 0 unspecified atom stereocenters. The summed E-state index contributed by atoms with van der Waals surface area (Å²) < 4.78 is 23.9. The lowest BCUT2D eigenvalue weighted by atomic mass is 9.75. The molecule has 0 spiro atoms. The van der Waals surface area contributed by atoms with E-state index in [1.54, 1.807) is 0 Å². The molecule has 12 heteroatoms. The molecule has 0 aliphatic heterocycles. The van der Waals surface area contributed by atoms with E-state index in [4.69, 9.17) is 18.9 Å². The number of carbonyl (C=O) groups is 4. The third-order valence-corrected chi connectivity index (χ3v) is 15.8. The highest BCUT2D eigenvalue weighted by atomic mass is 16.5. The largest absolute Gasteiger partial charge is 0.507 e. The quantitative estimate of drug-likeness (QED) is 0.0485. The van der Waals surface area contributed by atoms with Crippen LogP contribution in [-0.4, -0.2) is 70.7 Å². The van der Waals surface area contributed by atoms with Crippen LogP contribution in [0.4, 0.5) is 0 Å². The first-order valence-electron chi connectivity index (χ1n) is 30.5. The van der Waals surface area contributed by atoms with Crippen molar-refractivity contribution in [1.82, 2.24) is 0 Å². The summed E-state index contributed by atoms with van der Waals surface area (Å²) >= 11 is 0. The van der Waals surface area contributed by atoms with Gasteiger partial charge in [0.05, 0.1) is 52.1 Å². The number of hydrogen-bond acceptors (Lipinski definition) is 12. The highest BCUT2D eigenvalue weighted by molar-refractivity contribution is 5.81. The van der Waals surface area contributed by atoms with Gasteiger partial charge in [0.1, 0.15) is 23.0 Å². The molecule has 4 aromatic rings. The van der Waals surface area contributed by atoms with Gasteiger partial charge >= 0.3 is 23.9 Å². The van der Waals surface area contributed by atoms with Crippen LogP contribution in [0.25, 0.3) is 0 Å². The van der Waals surface area contributed by atoms with Gasteiger partial charge in [-0.1, -0.05) is 215 Å². The molecule has 12 nitrogen and oxygen atoms in total. The molecule has 85 heavy (non-hydrogen) atoms. The normalized spacial score (nSPS) is 13.2. The van der Waals surface area contributed by atoms with Crippen molar-refractivity contribution in [1.29, 1.82) is 0 Å². The zero-order valence-corrected chi connectivity index (χ0v) is 56.7. The smallest absolute Gasteiger partial charge is 0.306 e. The minimum Gasteiger partial charge on any atom is -0.507 e. The lowest BCUT2D eigenvalue weighted by Crippen LogP contribution is -2.35. The fraction of sp³-hybridized carbons (Fsp3) is 0.616. The molecule has 0 saturated carbocycles. The van der Waals surface area contributed by atoms with E-state index in [0.29, 0.717) is 25.7 Å². The Labute approximate surface area is 511 Å². The summed E-state index contributed by atoms with van der Waals surface area (Å²) in [4.78, 5) is 57.9. The van der Waals surface area contributed by atoms with Crippen LogP contribution in [0.1, 0.15) is 259 Å². The zero-order chi connectivity index (χ0) is 65.0. The number of phenolic OH excluding ortho intramolecular Hbond substituents is 4. The maximum absolute atomic E-state index is 14.5. The molecule has 0 bridgehead atoms. The van der Waals surface area contributed by atoms with E-state index in [0.717, 1.165) is 66.8 Å². The fourth-order valence-electron chi connectivity index (χ4n) is 10.9. The second-order valence-corrected chi connectivity index (χ2v) is 32.2. The molecule has 0 radical (unpaired) electrons. The first-order valence-corrected chi connectivity index (χ1v) is 30.5. The molecular formula is C73H108O12. The number of carbonyl (C=O) groups excluding carboxylic acids is 4. The zero-order valence-electron chi connectivity index (χ0n) is 56.7. The Morgan fingerprint density at radius 1 is 0.271 bits per heavy atom. The van der Waals surface area contributed by atoms with Gasteiger partial charge in [-0.25, -0.2) is 0 Å². The van der Waals surface area contributed by atoms with Crippen LogP contribution in [0.15, 0.2) is 48.5 Å². The summed E-state index contributed by atoms with van der Waals surface area (Å²) in [6, 6.07) is 15.4. The van der Waals surface area contributed by atoms with Crippen LogP contribution >= 0.6 is 0 Å². The van der Waals surface area contributed by atoms with Gasteiger partial charge < -0.3 is 39.4 Å². The van der Waals surface area contributed by atoms with Crippen LogP contribution in [0.5, 0.6) is 23.0 Å². The van der Waals surface area contributed by atoms with E-state index >= 15 is 0 Å². The van der Waals surface area contributed by atoms with Gasteiger partial charge in [-0.3, -0.25) is 19.2 Å². The van der Waals surface area contributed by atoms with Crippen LogP contribution in [0, 0.1) is 5.41 Å². The lowest BCUT2D eigenvalue weighted by molar-refractivity contribution is -0.158. The number of aromatic hydroxyl groups is 4. The van der Waals surface area contributed by atoms with Crippen LogP contribution < -0.4 is 0 Å². The number of benzene rings is 4. The molecule has 0 saturated heterocycles. The van der Waals surface area contributed by atoms with Crippen LogP contribution in [-0.2, 0) is 107 Å². The predicted octanol–water partition coefficient (Wildman–Crippen LogP) is 15.9. The first kappa shape index (κ1) is 71.4. The van der Waals surface area contributed by atoms with E-state index < -0.39 is 98.3 Å². The summed E-state index contributed by atoms with van der Waals surface area (Å²) in [6.07, 6.45) is -1.03. The number of esters is 4. The molecule has 4 aromatic carbocycles. The summed E-state index contributed by atoms with van der Waals surface area (Å²) in [5.41, 5.74) is 4.53. The van der Waals surface area contributed by atoms with Crippen molar-refractivity contribution in [2.75, 3.05) is 26.4 Å². The molecule has 0 atom stereocenters. The molecule has 472 valence electrons. The van der Waals surface area contributed by atoms with Crippen molar-refractivity contribution in [3.8, 4) is 23.0 Å². The fourth-order valence-corrected chi connectivity index (χ4v) is 10.9. The third-order valence-electron chi connectivity index (χ3n) is 15.8. The van der Waals surface area contributed by atoms with Crippen molar-refractivity contribution in [2.24, 2.45) is 5.41 Å². The first-order chi connectivity index (χ1) is 38.4. The average molecular weight is 1180 g/mol. The molecule has 0 aliphatic rings. The Balaban J connectivity index is 1.78. The number of phenols is 4. The highest BCUT2D eigenvalue weighted by Crippen LogP contribution is 2.45. The maximum Gasteiger partial charge on any atom is 0.306 e. The molecule has 0 amide bonds. The molecule has 0 heterocycles. The molecule has 0 aromatic heterocycles. The van der Waals surface area contributed by atoms with E-state index in [-0.39, 0.29) is 49.4 Å². The average Bonchev–Trinajstić information content (AvgIpc) is 3.20. The number of ether oxygens (including phenoxy) is 4. The Morgan fingerprint density at radius 2 is 0.400 bits per heavy atom. The van der Waals surface area contributed by atoms with Crippen molar-refractivity contribution >= 4 is 23.9 Å². The second kappa shape index (κ2) is 26.5. The number of hydrogen-bond donors (Lipinski definition) is 4. The Bertz CT molecular complexity index is 2470. The van der Waals surface area contributed by atoms with Crippen molar-refractivity contribution in [3.05, 3.63) is 115 Å². The van der Waals surface area contributed by atoms with Crippen molar-refractivity contribution < 1.29 is 58.6 Å². The van der Waals surface area contributed by atoms with E-state index in [1.807, 2.05) is 215 Å². The minimum absolute atomic E-state index is 0.0780. The van der Waals surface area contributed by atoms with E-state index in [9.17, 15) is 39.6 Å². The lowest BCUT2D eigenvalue weighted by Gasteiger charge is -2.31. The van der Waals surface area contributed by atoms with E-state index in [1.165, 1.54) is 0 Å². The summed E-state index contributed by atoms with van der Waals surface area (Å²) in [5.74, 6) is -2.12. The predicted molar refractivity (Wildman–Crippen MR) is 342 cm³/mol.